The van der Waals surface area contributed by atoms with Crippen molar-refractivity contribution in [1.82, 2.24) is 10.2 Å². The number of nitrogens with one attached hydrogen (secondary N) is 1. The zero-order chi connectivity index (χ0) is 14.8. The summed E-state index contributed by atoms with van der Waals surface area (Å²) in [5.74, 6) is -1.34. The van der Waals surface area contributed by atoms with Crippen LogP contribution < -0.4 is 5.32 Å². The van der Waals surface area contributed by atoms with Gasteiger partial charge < -0.3 is 15.3 Å². The number of carboxylic acid groups (broad SMARTS) is 1. The number of carbonyl (C=O) groups is 2. The van der Waals surface area contributed by atoms with Crippen molar-refractivity contribution in [2.24, 2.45) is 5.92 Å². The summed E-state index contributed by atoms with van der Waals surface area (Å²) in [7, 11) is -1.59. The molecule has 8 heteroatoms. The molecule has 0 bridgehead atoms. The second-order valence-corrected chi connectivity index (χ2v) is 7.41. The number of nitrogens with zero attached hydrogens (tertiary/aromatic N) is 1. The fourth-order valence-corrected chi connectivity index (χ4v) is 3.77. The Morgan fingerprint density at radius 3 is 2.32 bits per heavy atom. The summed E-state index contributed by atoms with van der Waals surface area (Å²) >= 11 is 0. The molecule has 2 atom stereocenters. The van der Waals surface area contributed by atoms with Crippen LogP contribution in [-0.4, -0.2) is 61.1 Å². The smallest absolute Gasteiger partial charge is 0.326 e. The molecule has 1 aliphatic rings. The summed E-state index contributed by atoms with van der Waals surface area (Å²) in [5.41, 5.74) is 0. The number of hydrogen-bond donors (Lipinski definition) is 2. The predicted octanol–water partition coefficient (Wildman–Crippen LogP) is -0.0759. The monoisotopic (exact) mass is 292 g/mol. The van der Waals surface area contributed by atoms with Gasteiger partial charge in [0.25, 0.3) is 0 Å². The number of hydrogen-bond acceptors (Lipinski definition) is 4. The second-order valence-electron chi connectivity index (χ2n) is 5.18. The topological polar surface area (TPSA) is 104 Å². The highest BCUT2D eigenvalue weighted by Gasteiger charge is 2.34. The largest absolute Gasteiger partial charge is 0.480 e. The maximum atomic E-state index is 11.9. The van der Waals surface area contributed by atoms with Gasteiger partial charge in [0.15, 0.2) is 9.84 Å². The number of urea groups is 1. The summed E-state index contributed by atoms with van der Waals surface area (Å²) in [6.45, 7) is 3.39. The average Bonchev–Trinajstić information content (AvgIpc) is 2.64. The molecule has 1 saturated heterocycles. The maximum Gasteiger partial charge on any atom is 0.326 e. The van der Waals surface area contributed by atoms with Crippen molar-refractivity contribution >= 4 is 21.8 Å². The van der Waals surface area contributed by atoms with E-state index in [4.69, 9.17) is 5.11 Å². The van der Waals surface area contributed by atoms with E-state index in [1.54, 1.807) is 13.8 Å². The number of amides is 2. The molecule has 0 saturated carbocycles. The average molecular weight is 292 g/mol. The molecule has 1 rings (SSSR count). The highest BCUT2D eigenvalue weighted by Crippen LogP contribution is 2.16. The molecule has 0 aliphatic carbocycles. The number of sulfone groups is 1. The molecule has 0 aromatic carbocycles. The number of carboxylic acids is 1. The van der Waals surface area contributed by atoms with Crippen molar-refractivity contribution in [1.29, 1.82) is 0 Å². The van der Waals surface area contributed by atoms with Gasteiger partial charge in [-0.15, -0.1) is 0 Å². The first-order chi connectivity index (χ1) is 8.64. The van der Waals surface area contributed by atoms with Crippen molar-refractivity contribution in [3.63, 3.8) is 0 Å². The van der Waals surface area contributed by atoms with E-state index >= 15 is 0 Å². The van der Waals surface area contributed by atoms with Crippen LogP contribution in [0.15, 0.2) is 0 Å². The summed E-state index contributed by atoms with van der Waals surface area (Å²) in [6.07, 6.45) is 0.395. The lowest BCUT2D eigenvalue weighted by molar-refractivity contribution is -0.140. The van der Waals surface area contributed by atoms with E-state index < -0.39 is 27.9 Å². The minimum absolute atomic E-state index is 0.0592. The van der Waals surface area contributed by atoms with Crippen molar-refractivity contribution in [3.05, 3.63) is 0 Å². The SMILES string of the molecule is CC(C)[C@@H](NC(=O)N(C)C1CCS(=O)(=O)C1)C(=O)O. The van der Waals surface area contributed by atoms with Gasteiger partial charge >= 0.3 is 12.0 Å². The zero-order valence-corrected chi connectivity index (χ0v) is 12.1. The predicted molar refractivity (Wildman–Crippen MR) is 69.6 cm³/mol. The Morgan fingerprint density at radius 1 is 1.37 bits per heavy atom. The van der Waals surface area contributed by atoms with Crippen LogP contribution in [0.3, 0.4) is 0 Å². The molecular formula is C11H20N2O5S. The third-order valence-corrected chi connectivity index (χ3v) is 5.04. The van der Waals surface area contributed by atoms with Crippen LogP contribution in [0.25, 0.3) is 0 Å². The molecule has 1 aliphatic heterocycles. The Hall–Kier alpha value is -1.31. The molecule has 1 unspecified atom stereocenters. The standard InChI is InChI=1S/C11H20N2O5S/c1-7(2)9(10(14)15)12-11(16)13(3)8-4-5-19(17,18)6-8/h7-9H,4-6H2,1-3H3,(H,12,16)(H,14,15)/t8?,9-/m1/s1. The van der Waals surface area contributed by atoms with Crippen molar-refractivity contribution in [3.8, 4) is 0 Å². The number of carbonyl (C=O) groups excluding carboxylic acids is 1. The van der Waals surface area contributed by atoms with Crippen LogP contribution in [0, 0.1) is 5.92 Å². The van der Waals surface area contributed by atoms with Crippen molar-refractivity contribution < 1.29 is 23.1 Å². The fourth-order valence-electron chi connectivity index (χ4n) is 2.00. The van der Waals surface area contributed by atoms with E-state index in [-0.39, 0.29) is 23.5 Å². The fraction of sp³-hybridized carbons (Fsp3) is 0.818. The third kappa shape index (κ3) is 4.09. The number of rotatable bonds is 4. The van der Waals surface area contributed by atoms with E-state index in [2.05, 4.69) is 5.32 Å². The molecular weight excluding hydrogens is 272 g/mol. The minimum Gasteiger partial charge on any atom is -0.480 e. The molecule has 0 radical (unpaired) electrons. The van der Waals surface area contributed by atoms with Gasteiger partial charge in [0.1, 0.15) is 6.04 Å². The Kier molecular flexibility index (Phi) is 4.78. The summed E-state index contributed by atoms with van der Waals surface area (Å²) in [4.78, 5) is 24.2. The lowest BCUT2D eigenvalue weighted by Crippen LogP contribution is -2.51. The Morgan fingerprint density at radius 2 is 1.95 bits per heavy atom. The van der Waals surface area contributed by atoms with E-state index in [1.165, 1.54) is 11.9 Å². The normalized spacial score (nSPS) is 23.1. The minimum atomic E-state index is -3.07. The molecule has 110 valence electrons. The highest BCUT2D eigenvalue weighted by atomic mass is 32.2. The Balaban J connectivity index is 2.65. The lowest BCUT2D eigenvalue weighted by Gasteiger charge is -2.27. The van der Waals surface area contributed by atoms with Crippen LogP contribution >= 0.6 is 0 Å². The van der Waals surface area contributed by atoms with Gasteiger partial charge in [-0.05, 0) is 12.3 Å². The van der Waals surface area contributed by atoms with Crippen LogP contribution in [0.4, 0.5) is 4.79 Å². The van der Waals surface area contributed by atoms with Crippen LogP contribution in [0.1, 0.15) is 20.3 Å². The van der Waals surface area contributed by atoms with E-state index in [1.807, 2.05) is 0 Å². The van der Waals surface area contributed by atoms with Crippen LogP contribution in [0.2, 0.25) is 0 Å². The molecule has 2 N–H and O–H groups in total. The third-order valence-electron chi connectivity index (χ3n) is 3.29. The summed E-state index contributed by atoms with van der Waals surface area (Å²) in [5, 5.41) is 11.4. The van der Waals surface area contributed by atoms with Gasteiger partial charge in [-0.2, -0.15) is 0 Å². The first-order valence-corrected chi connectivity index (χ1v) is 7.92. The summed E-state index contributed by atoms with van der Waals surface area (Å²) < 4.78 is 22.7. The van der Waals surface area contributed by atoms with E-state index in [0.717, 1.165) is 0 Å². The van der Waals surface area contributed by atoms with Gasteiger partial charge in [0.2, 0.25) is 0 Å². The maximum absolute atomic E-state index is 11.9. The van der Waals surface area contributed by atoms with Gasteiger partial charge in [-0.1, -0.05) is 13.8 Å². The van der Waals surface area contributed by atoms with Gasteiger partial charge in [0, 0.05) is 13.1 Å². The summed E-state index contributed by atoms with van der Waals surface area (Å²) in [6, 6.07) is -1.91. The Bertz CT molecular complexity index is 460. The lowest BCUT2D eigenvalue weighted by atomic mass is 10.1. The highest BCUT2D eigenvalue weighted by molar-refractivity contribution is 7.91. The second kappa shape index (κ2) is 5.77. The van der Waals surface area contributed by atoms with E-state index in [0.29, 0.717) is 6.42 Å². The number of aliphatic carboxylic acids is 1. The molecule has 0 aromatic rings. The first kappa shape index (κ1) is 15.7. The molecule has 0 spiro atoms. The quantitative estimate of drug-likeness (QED) is 0.754. The molecule has 2 amide bonds. The first-order valence-electron chi connectivity index (χ1n) is 6.10. The zero-order valence-electron chi connectivity index (χ0n) is 11.3. The molecule has 0 aromatic heterocycles. The van der Waals surface area contributed by atoms with Crippen molar-refractivity contribution in [2.45, 2.75) is 32.4 Å². The van der Waals surface area contributed by atoms with Gasteiger partial charge in [-0.3, -0.25) is 0 Å². The molecule has 19 heavy (non-hydrogen) atoms. The molecule has 7 nitrogen and oxygen atoms in total. The van der Waals surface area contributed by atoms with Crippen LogP contribution in [-0.2, 0) is 14.6 Å². The van der Waals surface area contributed by atoms with Gasteiger partial charge in [0.05, 0.1) is 11.5 Å². The Labute approximate surface area is 112 Å². The van der Waals surface area contributed by atoms with Gasteiger partial charge in [-0.25, -0.2) is 18.0 Å². The van der Waals surface area contributed by atoms with E-state index in [9.17, 15) is 18.0 Å². The molecule has 1 heterocycles. The van der Waals surface area contributed by atoms with Crippen molar-refractivity contribution in [2.75, 3.05) is 18.6 Å². The van der Waals surface area contributed by atoms with Crippen LogP contribution in [0.5, 0.6) is 0 Å². The molecule has 1 fully saturated rings.